The Morgan fingerprint density at radius 3 is 2.62 bits per heavy atom. The van der Waals surface area contributed by atoms with Gasteiger partial charge < -0.3 is 10.2 Å². The second-order valence-corrected chi connectivity index (χ2v) is 6.26. The Labute approximate surface area is 150 Å². The van der Waals surface area contributed by atoms with Crippen molar-refractivity contribution in [2.45, 2.75) is 0 Å². The zero-order valence-corrected chi connectivity index (χ0v) is 14.6. The van der Waals surface area contributed by atoms with Crippen molar-refractivity contribution in [3.63, 3.8) is 0 Å². The summed E-state index contributed by atoms with van der Waals surface area (Å²) < 4.78 is 27.4. The average molecular weight is 355 g/mol. The van der Waals surface area contributed by atoms with E-state index in [0.29, 0.717) is 35.2 Å². The van der Waals surface area contributed by atoms with Gasteiger partial charge in [0.15, 0.2) is 0 Å². The van der Waals surface area contributed by atoms with Crippen LogP contribution in [0.25, 0.3) is 22.2 Å². The van der Waals surface area contributed by atoms with E-state index < -0.39 is 11.6 Å². The van der Waals surface area contributed by atoms with Crippen LogP contribution in [0.3, 0.4) is 0 Å². The second kappa shape index (κ2) is 7.58. The first-order chi connectivity index (χ1) is 12.5. The Hall–Kier alpha value is -2.86. The predicted octanol–water partition coefficient (Wildman–Crippen LogP) is 3.47. The largest absolute Gasteiger partial charge is 0.351 e. The molecule has 0 saturated carbocycles. The fourth-order valence-corrected chi connectivity index (χ4v) is 2.69. The summed E-state index contributed by atoms with van der Waals surface area (Å²) >= 11 is 0. The lowest BCUT2D eigenvalue weighted by Crippen LogP contribution is -2.31. The van der Waals surface area contributed by atoms with Crippen molar-refractivity contribution in [2.75, 3.05) is 27.2 Å². The van der Waals surface area contributed by atoms with E-state index in [4.69, 9.17) is 0 Å². The molecule has 0 spiro atoms. The van der Waals surface area contributed by atoms with Gasteiger partial charge in [-0.2, -0.15) is 0 Å². The van der Waals surface area contributed by atoms with E-state index in [2.05, 4.69) is 10.3 Å². The van der Waals surface area contributed by atoms with Crippen LogP contribution in [0.15, 0.2) is 48.5 Å². The van der Waals surface area contributed by atoms with Crippen LogP contribution in [0.5, 0.6) is 0 Å². The molecule has 0 fully saturated rings. The maximum Gasteiger partial charge on any atom is 0.252 e. The highest BCUT2D eigenvalue weighted by molar-refractivity contribution is 6.07. The van der Waals surface area contributed by atoms with Gasteiger partial charge in [0.05, 0.1) is 16.8 Å². The number of pyridine rings is 1. The van der Waals surface area contributed by atoms with Gasteiger partial charge in [-0.05, 0) is 38.4 Å². The number of benzene rings is 2. The number of rotatable bonds is 5. The van der Waals surface area contributed by atoms with E-state index in [0.717, 1.165) is 6.07 Å². The summed E-state index contributed by atoms with van der Waals surface area (Å²) in [5, 5.41) is 3.54. The molecule has 0 aliphatic carbocycles. The minimum Gasteiger partial charge on any atom is -0.351 e. The van der Waals surface area contributed by atoms with Crippen LogP contribution in [0.2, 0.25) is 0 Å². The minimum atomic E-state index is -0.716. The van der Waals surface area contributed by atoms with Gasteiger partial charge in [-0.15, -0.1) is 0 Å². The predicted molar refractivity (Wildman–Crippen MR) is 98.0 cm³/mol. The number of carbonyl (C=O) groups excluding carboxylic acids is 1. The molecule has 1 heterocycles. The number of likely N-dealkylation sites (N-methyl/N-ethyl adjacent to an activating group) is 1. The Balaban J connectivity index is 2.05. The van der Waals surface area contributed by atoms with E-state index >= 15 is 0 Å². The maximum atomic E-state index is 14.2. The quantitative estimate of drug-likeness (QED) is 0.762. The monoisotopic (exact) mass is 355 g/mol. The van der Waals surface area contributed by atoms with Crippen LogP contribution in [0.4, 0.5) is 8.78 Å². The van der Waals surface area contributed by atoms with Crippen molar-refractivity contribution < 1.29 is 13.6 Å². The van der Waals surface area contributed by atoms with Crippen molar-refractivity contribution in [1.82, 2.24) is 15.2 Å². The molecule has 2 aromatic carbocycles. The Morgan fingerprint density at radius 1 is 1.12 bits per heavy atom. The third kappa shape index (κ3) is 3.86. The summed E-state index contributed by atoms with van der Waals surface area (Å²) in [4.78, 5) is 19.1. The van der Waals surface area contributed by atoms with Gasteiger partial charge in [-0.1, -0.05) is 18.2 Å². The van der Waals surface area contributed by atoms with Gasteiger partial charge in [-0.25, -0.2) is 13.8 Å². The zero-order chi connectivity index (χ0) is 18.7. The molecule has 0 unspecified atom stereocenters. The highest BCUT2D eigenvalue weighted by atomic mass is 19.1. The van der Waals surface area contributed by atoms with Crippen molar-refractivity contribution in [3.8, 4) is 11.3 Å². The number of amides is 1. The Kier molecular flexibility index (Phi) is 5.23. The van der Waals surface area contributed by atoms with Gasteiger partial charge >= 0.3 is 0 Å². The van der Waals surface area contributed by atoms with E-state index in [-0.39, 0.29) is 11.5 Å². The maximum absolute atomic E-state index is 14.2. The molecule has 0 bridgehead atoms. The molecule has 4 nitrogen and oxygen atoms in total. The molecular weight excluding hydrogens is 336 g/mol. The van der Waals surface area contributed by atoms with Crippen molar-refractivity contribution in [3.05, 3.63) is 65.7 Å². The molecule has 1 N–H and O–H groups in total. The average Bonchev–Trinajstić information content (AvgIpc) is 2.60. The molecule has 0 radical (unpaired) electrons. The first kappa shape index (κ1) is 17.9. The van der Waals surface area contributed by atoms with Gasteiger partial charge in [0.25, 0.3) is 5.91 Å². The molecule has 1 aromatic heterocycles. The Bertz CT molecular complexity index is 957. The van der Waals surface area contributed by atoms with Gasteiger partial charge in [-0.3, -0.25) is 4.79 Å². The van der Waals surface area contributed by atoms with Crippen molar-refractivity contribution >= 4 is 16.8 Å². The number of hydrogen-bond donors (Lipinski definition) is 1. The SMILES string of the molecule is CN(C)CCNC(=O)c1cc(-c2ccc(F)cc2F)nc2ccccc12. The molecule has 1 amide bonds. The van der Waals surface area contributed by atoms with Crippen LogP contribution < -0.4 is 5.32 Å². The molecule has 6 heteroatoms. The molecule has 0 saturated heterocycles. The topological polar surface area (TPSA) is 45.2 Å². The number of nitrogens with one attached hydrogen (secondary N) is 1. The van der Waals surface area contributed by atoms with Crippen molar-refractivity contribution in [2.24, 2.45) is 0 Å². The summed E-state index contributed by atoms with van der Waals surface area (Å²) in [6.07, 6.45) is 0. The smallest absolute Gasteiger partial charge is 0.252 e. The lowest BCUT2D eigenvalue weighted by Gasteiger charge is -2.13. The van der Waals surface area contributed by atoms with E-state index in [9.17, 15) is 13.6 Å². The fourth-order valence-electron chi connectivity index (χ4n) is 2.69. The van der Waals surface area contributed by atoms with Crippen molar-refractivity contribution in [1.29, 1.82) is 0 Å². The van der Waals surface area contributed by atoms with E-state index in [1.165, 1.54) is 12.1 Å². The highest BCUT2D eigenvalue weighted by Gasteiger charge is 2.15. The first-order valence-corrected chi connectivity index (χ1v) is 8.24. The van der Waals surface area contributed by atoms with Crippen LogP contribution >= 0.6 is 0 Å². The summed E-state index contributed by atoms with van der Waals surface area (Å²) in [5.41, 5.74) is 1.43. The summed E-state index contributed by atoms with van der Waals surface area (Å²) in [5.74, 6) is -1.63. The number of aromatic nitrogens is 1. The molecular formula is C20H19F2N3O. The lowest BCUT2D eigenvalue weighted by molar-refractivity contribution is 0.0952. The number of halogens is 2. The van der Waals surface area contributed by atoms with Crippen LogP contribution in [-0.4, -0.2) is 43.0 Å². The van der Waals surface area contributed by atoms with Gasteiger partial charge in [0.1, 0.15) is 11.6 Å². The molecule has 0 atom stereocenters. The summed E-state index contributed by atoms with van der Waals surface area (Å²) in [6.45, 7) is 1.19. The summed E-state index contributed by atoms with van der Waals surface area (Å²) in [6, 6.07) is 12.0. The molecule has 3 rings (SSSR count). The van der Waals surface area contributed by atoms with E-state index in [1.54, 1.807) is 24.3 Å². The molecule has 26 heavy (non-hydrogen) atoms. The van der Waals surface area contributed by atoms with Crippen LogP contribution in [-0.2, 0) is 0 Å². The lowest BCUT2D eigenvalue weighted by atomic mass is 10.0. The number of para-hydroxylation sites is 1. The summed E-state index contributed by atoms with van der Waals surface area (Å²) in [7, 11) is 3.84. The fraction of sp³-hybridized carbons (Fsp3) is 0.200. The van der Waals surface area contributed by atoms with Crippen LogP contribution in [0.1, 0.15) is 10.4 Å². The van der Waals surface area contributed by atoms with Gasteiger partial charge in [0.2, 0.25) is 0 Å². The third-order valence-corrected chi connectivity index (χ3v) is 4.01. The third-order valence-electron chi connectivity index (χ3n) is 4.01. The van der Waals surface area contributed by atoms with Gasteiger partial charge in [0, 0.05) is 30.1 Å². The van der Waals surface area contributed by atoms with Crippen LogP contribution in [0, 0.1) is 11.6 Å². The Morgan fingerprint density at radius 2 is 1.88 bits per heavy atom. The highest BCUT2D eigenvalue weighted by Crippen LogP contribution is 2.27. The standard InChI is InChI=1S/C20H19F2N3O/c1-25(2)10-9-23-20(26)16-12-19(15-8-7-13(21)11-17(15)22)24-18-6-4-3-5-14(16)18/h3-8,11-12H,9-10H2,1-2H3,(H,23,26). The first-order valence-electron chi connectivity index (χ1n) is 8.24. The zero-order valence-electron chi connectivity index (χ0n) is 14.6. The number of hydrogen-bond acceptors (Lipinski definition) is 3. The number of carbonyl (C=O) groups is 1. The number of fused-ring (bicyclic) bond motifs is 1. The minimum absolute atomic E-state index is 0.152. The second-order valence-electron chi connectivity index (χ2n) is 6.26. The molecule has 0 aliphatic rings. The number of nitrogens with zero attached hydrogens (tertiary/aromatic N) is 2. The molecule has 3 aromatic rings. The molecule has 134 valence electrons. The van der Waals surface area contributed by atoms with E-state index in [1.807, 2.05) is 25.1 Å². The normalized spacial score (nSPS) is 11.1. The molecule has 0 aliphatic heterocycles.